The van der Waals surface area contributed by atoms with Crippen LogP contribution < -0.4 is 10.2 Å². The fourth-order valence-electron chi connectivity index (χ4n) is 5.85. The summed E-state index contributed by atoms with van der Waals surface area (Å²) in [5.74, 6) is -1.09. The molecule has 10 heteroatoms. The van der Waals surface area contributed by atoms with E-state index >= 15 is 0 Å². The van der Waals surface area contributed by atoms with E-state index in [4.69, 9.17) is 14.9 Å². The van der Waals surface area contributed by atoms with Crippen LogP contribution in [0.3, 0.4) is 0 Å². The minimum Gasteiger partial charge on any atom is -0.459 e. The summed E-state index contributed by atoms with van der Waals surface area (Å²) in [7, 11) is 0. The highest BCUT2D eigenvalue weighted by atomic mass is 16.6. The van der Waals surface area contributed by atoms with Crippen LogP contribution in [0.2, 0.25) is 0 Å². The topological polar surface area (TPSA) is 115 Å². The van der Waals surface area contributed by atoms with Gasteiger partial charge in [0.2, 0.25) is 5.91 Å². The number of hydrogen-bond acceptors (Lipinski definition) is 8. The molecule has 2 N–H and O–H groups in total. The summed E-state index contributed by atoms with van der Waals surface area (Å²) in [5.41, 5.74) is 2.36. The van der Waals surface area contributed by atoms with E-state index in [2.05, 4.69) is 15.1 Å². The van der Waals surface area contributed by atoms with Crippen molar-refractivity contribution in [2.24, 2.45) is 0 Å². The number of amides is 2. The van der Waals surface area contributed by atoms with Crippen molar-refractivity contribution in [2.75, 3.05) is 44.2 Å². The summed E-state index contributed by atoms with van der Waals surface area (Å²) in [5, 5.41) is 11.4. The Balaban J connectivity index is 1.14. The van der Waals surface area contributed by atoms with E-state index in [-0.39, 0.29) is 29.9 Å². The molecule has 3 aromatic carbocycles. The Morgan fingerprint density at radius 3 is 2.02 bits per heavy atom. The molecule has 10 nitrogen and oxygen atoms in total. The van der Waals surface area contributed by atoms with Gasteiger partial charge in [-0.25, -0.2) is 4.79 Å². The van der Waals surface area contributed by atoms with Crippen LogP contribution in [-0.2, 0) is 19.1 Å². The number of amidine groups is 1. The highest BCUT2D eigenvalue weighted by Crippen LogP contribution is 2.26. The lowest BCUT2D eigenvalue weighted by Crippen LogP contribution is -2.54. The standard InChI is InChI=1S/C36H43N5O5/c1-25(34(43)46-36(2,3)4)40-21-19-39(20-22-40)23-30-24-41(35(44)45-30)29-17-15-28(16-18-29)32(37)38-33(42)31(26-11-7-5-8-12-26)27-13-9-6-10-14-27/h5-18,25,30-31H,19-24H2,1-4H3,(H2,37,38,42). The van der Waals surface area contributed by atoms with Gasteiger partial charge in [-0.2, -0.15) is 0 Å². The molecule has 0 aromatic heterocycles. The molecule has 46 heavy (non-hydrogen) atoms. The van der Waals surface area contributed by atoms with Gasteiger partial charge in [0, 0.05) is 44.0 Å². The molecule has 2 amide bonds. The van der Waals surface area contributed by atoms with Crippen LogP contribution in [0.5, 0.6) is 0 Å². The molecule has 0 radical (unpaired) electrons. The number of piperazine rings is 1. The lowest BCUT2D eigenvalue weighted by Gasteiger charge is -2.38. The van der Waals surface area contributed by atoms with Crippen LogP contribution in [0.15, 0.2) is 84.9 Å². The lowest BCUT2D eigenvalue weighted by atomic mass is 9.90. The zero-order chi connectivity index (χ0) is 32.8. The van der Waals surface area contributed by atoms with Crippen molar-refractivity contribution in [1.82, 2.24) is 15.1 Å². The van der Waals surface area contributed by atoms with Gasteiger partial charge in [0.1, 0.15) is 23.6 Å². The first kappa shape index (κ1) is 32.8. The molecular weight excluding hydrogens is 582 g/mol. The molecule has 2 unspecified atom stereocenters. The van der Waals surface area contributed by atoms with Gasteiger partial charge in [-0.1, -0.05) is 60.7 Å². The number of carbonyl (C=O) groups excluding carboxylic acids is 3. The van der Waals surface area contributed by atoms with Crippen LogP contribution in [0.25, 0.3) is 0 Å². The number of cyclic esters (lactones) is 1. The van der Waals surface area contributed by atoms with E-state index in [0.29, 0.717) is 24.3 Å². The Morgan fingerprint density at radius 1 is 0.913 bits per heavy atom. The number of carbonyl (C=O) groups is 3. The van der Waals surface area contributed by atoms with Crippen molar-refractivity contribution < 1.29 is 23.9 Å². The number of ether oxygens (including phenoxy) is 2. The monoisotopic (exact) mass is 625 g/mol. The predicted octanol–water partition coefficient (Wildman–Crippen LogP) is 4.63. The summed E-state index contributed by atoms with van der Waals surface area (Å²) >= 11 is 0. The molecule has 3 aromatic rings. The van der Waals surface area contributed by atoms with Crippen molar-refractivity contribution >= 4 is 29.5 Å². The fraction of sp³-hybridized carbons (Fsp3) is 0.389. The molecule has 2 fully saturated rings. The second-order valence-corrected chi connectivity index (χ2v) is 12.8. The molecule has 0 spiro atoms. The van der Waals surface area contributed by atoms with E-state index in [1.54, 1.807) is 29.2 Å². The van der Waals surface area contributed by atoms with E-state index in [9.17, 15) is 14.4 Å². The summed E-state index contributed by atoms with van der Waals surface area (Å²) in [4.78, 5) is 44.7. The summed E-state index contributed by atoms with van der Waals surface area (Å²) < 4.78 is 11.2. The Morgan fingerprint density at radius 2 is 1.48 bits per heavy atom. The Labute approximate surface area is 270 Å². The van der Waals surface area contributed by atoms with Gasteiger partial charge in [-0.05, 0) is 63.1 Å². The molecule has 242 valence electrons. The average Bonchev–Trinajstić information content (AvgIpc) is 3.41. The largest absolute Gasteiger partial charge is 0.459 e. The van der Waals surface area contributed by atoms with Crippen molar-refractivity contribution in [3.63, 3.8) is 0 Å². The first-order valence-electron chi connectivity index (χ1n) is 15.8. The quantitative estimate of drug-likeness (QED) is 0.202. The zero-order valence-electron chi connectivity index (χ0n) is 26.9. The SMILES string of the molecule is CC(C(=O)OC(C)(C)C)N1CCN(CC2CN(c3ccc(C(=N)NC(=O)C(c4ccccc4)c4ccccc4)cc3)C(=O)O2)CC1. The summed E-state index contributed by atoms with van der Waals surface area (Å²) in [6.45, 7) is 11.5. The Hall–Kier alpha value is -4.54. The highest BCUT2D eigenvalue weighted by molar-refractivity contribution is 6.08. The van der Waals surface area contributed by atoms with E-state index in [1.807, 2.05) is 88.4 Å². The maximum atomic E-state index is 13.4. The fourth-order valence-corrected chi connectivity index (χ4v) is 5.85. The third-order valence-corrected chi connectivity index (χ3v) is 8.28. The maximum Gasteiger partial charge on any atom is 0.414 e. The average molecular weight is 626 g/mol. The van der Waals surface area contributed by atoms with Crippen LogP contribution in [0, 0.1) is 5.41 Å². The Kier molecular flexibility index (Phi) is 10.2. The van der Waals surface area contributed by atoms with Crippen LogP contribution in [0.1, 0.15) is 50.3 Å². The minimum absolute atomic E-state index is 0.0181. The summed E-state index contributed by atoms with van der Waals surface area (Å²) in [6, 6.07) is 25.7. The molecule has 2 saturated heterocycles. The molecule has 0 aliphatic carbocycles. The number of benzene rings is 3. The van der Waals surface area contributed by atoms with Crippen molar-refractivity contribution in [2.45, 2.75) is 51.4 Å². The number of nitrogens with one attached hydrogen (secondary N) is 2. The molecule has 2 atom stereocenters. The molecule has 5 rings (SSSR count). The van der Waals surface area contributed by atoms with Crippen molar-refractivity contribution in [1.29, 1.82) is 5.41 Å². The van der Waals surface area contributed by atoms with E-state index < -0.39 is 17.6 Å². The van der Waals surface area contributed by atoms with Crippen molar-refractivity contribution in [3.05, 3.63) is 102 Å². The Bertz CT molecular complexity index is 1480. The number of anilines is 1. The predicted molar refractivity (Wildman–Crippen MR) is 177 cm³/mol. The maximum absolute atomic E-state index is 13.4. The number of esters is 1. The summed E-state index contributed by atoms with van der Waals surface area (Å²) in [6.07, 6.45) is -0.695. The normalized spacial score (nSPS) is 18.2. The molecule has 0 bridgehead atoms. The second-order valence-electron chi connectivity index (χ2n) is 12.8. The van der Waals surface area contributed by atoms with Gasteiger partial charge in [-0.3, -0.25) is 29.7 Å². The van der Waals surface area contributed by atoms with Crippen LogP contribution in [-0.4, -0.2) is 90.6 Å². The van der Waals surface area contributed by atoms with Gasteiger partial charge in [0.15, 0.2) is 0 Å². The molecule has 0 saturated carbocycles. The van der Waals surface area contributed by atoms with Gasteiger partial charge in [0.05, 0.1) is 12.5 Å². The molecule has 2 aliphatic rings. The van der Waals surface area contributed by atoms with Gasteiger partial charge < -0.3 is 14.8 Å². The second kappa shape index (κ2) is 14.3. The molecule has 2 heterocycles. The number of hydrogen-bond donors (Lipinski definition) is 2. The number of rotatable bonds is 9. The smallest absolute Gasteiger partial charge is 0.414 e. The minimum atomic E-state index is -0.560. The van der Waals surface area contributed by atoms with Crippen molar-refractivity contribution in [3.8, 4) is 0 Å². The molecular formula is C36H43N5O5. The first-order chi connectivity index (χ1) is 22.0. The highest BCUT2D eigenvalue weighted by Gasteiger charge is 2.35. The lowest BCUT2D eigenvalue weighted by molar-refractivity contribution is -0.161. The number of nitrogens with zero attached hydrogens (tertiary/aromatic N) is 3. The van der Waals surface area contributed by atoms with Gasteiger partial charge >= 0.3 is 12.1 Å². The zero-order valence-corrected chi connectivity index (χ0v) is 26.9. The third-order valence-electron chi connectivity index (χ3n) is 8.28. The van der Waals surface area contributed by atoms with Crippen LogP contribution >= 0.6 is 0 Å². The first-order valence-corrected chi connectivity index (χ1v) is 15.8. The molecule has 2 aliphatic heterocycles. The van der Waals surface area contributed by atoms with Crippen LogP contribution in [0.4, 0.5) is 10.5 Å². The van der Waals surface area contributed by atoms with E-state index in [1.165, 1.54) is 0 Å². The van der Waals surface area contributed by atoms with E-state index in [0.717, 1.165) is 37.3 Å². The third kappa shape index (κ3) is 8.18. The van der Waals surface area contributed by atoms with Gasteiger partial charge in [0.25, 0.3) is 0 Å². The van der Waals surface area contributed by atoms with Gasteiger partial charge in [-0.15, -0.1) is 0 Å².